The van der Waals surface area contributed by atoms with E-state index in [1.165, 1.54) is 18.4 Å². The maximum atomic E-state index is 12.0. The van der Waals surface area contributed by atoms with Gasteiger partial charge in [0.1, 0.15) is 0 Å². The lowest BCUT2D eigenvalue weighted by molar-refractivity contribution is 0.220. The monoisotopic (exact) mass is 261 g/mol. The number of rotatable bonds is 5. The Morgan fingerprint density at radius 2 is 2.00 bits per heavy atom. The van der Waals surface area contributed by atoms with Gasteiger partial charge < -0.3 is 15.5 Å². The van der Waals surface area contributed by atoms with Crippen LogP contribution in [0.3, 0.4) is 0 Å². The van der Waals surface area contributed by atoms with Gasteiger partial charge in [0, 0.05) is 25.3 Å². The average Bonchev–Trinajstić information content (AvgIpc) is 3.22. The number of hydrogen-bond acceptors (Lipinski definition) is 2. The van der Waals surface area contributed by atoms with Crippen LogP contribution >= 0.6 is 0 Å². The highest BCUT2D eigenvalue weighted by atomic mass is 16.2. The lowest BCUT2D eigenvalue weighted by Gasteiger charge is -2.18. The molecular weight excluding hydrogens is 238 g/mol. The van der Waals surface area contributed by atoms with Crippen LogP contribution in [0.25, 0.3) is 0 Å². The summed E-state index contributed by atoms with van der Waals surface area (Å²) in [7, 11) is 3.79. The molecule has 2 rings (SSSR count). The predicted molar refractivity (Wildman–Crippen MR) is 78.3 cm³/mol. The molecule has 0 spiro atoms. The molecule has 4 nitrogen and oxygen atoms in total. The fraction of sp³-hybridized carbons (Fsp3) is 0.533. The molecule has 0 radical (unpaired) electrons. The standard InChI is InChI=1S/C15H23N3O/c1-11(16-2)13-6-8-14(9-7-13)17-15(19)18(3)10-12-4-5-12/h6-9,11-12,16H,4-5,10H2,1-3H3,(H,17,19). The number of anilines is 1. The van der Waals surface area contributed by atoms with Crippen molar-refractivity contribution in [2.45, 2.75) is 25.8 Å². The molecule has 2 N–H and O–H groups in total. The zero-order valence-electron chi connectivity index (χ0n) is 11.9. The fourth-order valence-corrected chi connectivity index (χ4v) is 2.01. The van der Waals surface area contributed by atoms with E-state index in [-0.39, 0.29) is 6.03 Å². The van der Waals surface area contributed by atoms with E-state index < -0.39 is 0 Å². The van der Waals surface area contributed by atoms with Crippen LogP contribution in [0.1, 0.15) is 31.4 Å². The fourth-order valence-electron chi connectivity index (χ4n) is 2.01. The number of hydrogen-bond donors (Lipinski definition) is 2. The number of carbonyl (C=O) groups is 1. The first-order valence-corrected chi connectivity index (χ1v) is 6.89. The molecule has 0 aliphatic heterocycles. The minimum Gasteiger partial charge on any atom is -0.327 e. The molecule has 2 amide bonds. The molecule has 104 valence electrons. The first-order chi connectivity index (χ1) is 9.10. The van der Waals surface area contributed by atoms with Gasteiger partial charge >= 0.3 is 6.03 Å². The molecule has 1 unspecified atom stereocenters. The summed E-state index contributed by atoms with van der Waals surface area (Å²) in [5.41, 5.74) is 2.06. The molecule has 1 aliphatic carbocycles. The van der Waals surface area contributed by atoms with Crippen molar-refractivity contribution in [2.75, 3.05) is 26.0 Å². The van der Waals surface area contributed by atoms with E-state index in [1.54, 1.807) is 4.90 Å². The molecule has 1 aromatic carbocycles. The third-order valence-corrected chi connectivity index (χ3v) is 3.67. The highest BCUT2D eigenvalue weighted by molar-refractivity contribution is 5.89. The minimum absolute atomic E-state index is 0.0266. The van der Waals surface area contributed by atoms with Crippen molar-refractivity contribution in [3.8, 4) is 0 Å². The summed E-state index contributed by atoms with van der Waals surface area (Å²) < 4.78 is 0. The van der Waals surface area contributed by atoms with Crippen LogP contribution in [0, 0.1) is 5.92 Å². The highest BCUT2D eigenvalue weighted by Crippen LogP contribution is 2.29. The molecule has 1 aliphatic rings. The number of nitrogens with one attached hydrogen (secondary N) is 2. The molecule has 0 aromatic heterocycles. The van der Waals surface area contributed by atoms with Gasteiger partial charge in [-0.15, -0.1) is 0 Å². The Morgan fingerprint density at radius 3 is 2.53 bits per heavy atom. The van der Waals surface area contributed by atoms with E-state index in [0.717, 1.165) is 18.2 Å². The van der Waals surface area contributed by atoms with E-state index in [4.69, 9.17) is 0 Å². The Balaban J connectivity index is 1.89. The topological polar surface area (TPSA) is 44.4 Å². The number of carbonyl (C=O) groups excluding carboxylic acids is 1. The molecule has 0 saturated heterocycles. The van der Waals surface area contributed by atoms with Gasteiger partial charge in [0.25, 0.3) is 0 Å². The van der Waals surface area contributed by atoms with Gasteiger partial charge in [0.05, 0.1) is 0 Å². The van der Waals surface area contributed by atoms with Gasteiger partial charge in [-0.05, 0) is 50.4 Å². The molecule has 1 aromatic rings. The zero-order valence-corrected chi connectivity index (χ0v) is 11.9. The van der Waals surface area contributed by atoms with Crippen molar-refractivity contribution in [1.29, 1.82) is 0 Å². The van der Waals surface area contributed by atoms with Crippen molar-refractivity contribution < 1.29 is 4.79 Å². The van der Waals surface area contributed by atoms with Gasteiger partial charge in [-0.1, -0.05) is 12.1 Å². The van der Waals surface area contributed by atoms with Crippen LogP contribution in [0.2, 0.25) is 0 Å². The van der Waals surface area contributed by atoms with Crippen molar-refractivity contribution in [1.82, 2.24) is 10.2 Å². The Kier molecular flexibility index (Phi) is 4.43. The van der Waals surface area contributed by atoms with Crippen LogP contribution < -0.4 is 10.6 Å². The first kappa shape index (κ1) is 13.9. The third kappa shape index (κ3) is 3.96. The molecular formula is C15H23N3O. The van der Waals surface area contributed by atoms with E-state index in [0.29, 0.717) is 6.04 Å². The van der Waals surface area contributed by atoms with Gasteiger partial charge in [-0.3, -0.25) is 0 Å². The van der Waals surface area contributed by atoms with E-state index in [2.05, 4.69) is 17.6 Å². The first-order valence-electron chi connectivity index (χ1n) is 6.89. The SMILES string of the molecule is CNC(C)c1ccc(NC(=O)N(C)CC2CC2)cc1. The van der Waals surface area contributed by atoms with Gasteiger partial charge in [0.2, 0.25) is 0 Å². The van der Waals surface area contributed by atoms with Crippen LogP contribution in [-0.4, -0.2) is 31.6 Å². The summed E-state index contributed by atoms with van der Waals surface area (Å²) in [4.78, 5) is 13.7. The zero-order chi connectivity index (χ0) is 13.8. The summed E-state index contributed by atoms with van der Waals surface area (Å²) in [6, 6.07) is 8.27. The van der Waals surface area contributed by atoms with Gasteiger partial charge in [0.15, 0.2) is 0 Å². The normalized spacial score (nSPS) is 15.9. The minimum atomic E-state index is -0.0266. The second-order valence-corrected chi connectivity index (χ2v) is 5.39. The van der Waals surface area contributed by atoms with E-state index in [9.17, 15) is 4.79 Å². The number of amides is 2. The average molecular weight is 261 g/mol. The lowest BCUT2D eigenvalue weighted by Crippen LogP contribution is -2.32. The molecule has 1 saturated carbocycles. The van der Waals surface area contributed by atoms with Crippen LogP contribution in [0.5, 0.6) is 0 Å². The summed E-state index contributed by atoms with van der Waals surface area (Å²) >= 11 is 0. The highest BCUT2D eigenvalue weighted by Gasteiger charge is 2.24. The van der Waals surface area contributed by atoms with Crippen LogP contribution in [-0.2, 0) is 0 Å². The Morgan fingerprint density at radius 1 is 1.37 bits per heavy atom. The van der Waals surface area contributed by atoms with Crippen molar-refractivity contribution in [3.05, 3.63) is 29.8 Å². The maximum absolute atomic E-state index is 12.0. The number of nitrogens with zero attached hydrogens (tertiary/aromatic N) is 1. The number of urea groups is 1. The summed E-state index contributed by atoms with van der Waals surface area (Å²) in [5, 5.41) is 6.12. The lowest BCUT2D eigenvalue weighted by atomic mass is 10.1. The largest absolute Gasteiger partial charge is 0.327 e. The van der Waals surface area contributed by atoms with Crippen LogP contribution in [0.4, 0.5) is 10.5 Å². The van der Waals surface area contributed by atoms with Crippen molar-refractivity contribution in [2.24, 2.45) is 5.92 Å². The summed E-state index contributed by atoms with van der Waals surface area (Å²) in [6.07, 6.45) is 2.52. The third-order valence-electron chi connectivity index (χ3n) is 3.67. The van der Waals surface area contributed by atoms with Gasteiger partial charge in [-0.25, -0.2) is 4.79 Å². The van der Waals surface area contributed by atoms with E-state index >= 15 is 0 Å². The smallest absolute Gasteiger partial charge is 0.321 e. The molecule has 4 heteroatoms. The molecule has 1 atom stereocenters. The van der Waals surface area contributed by atoms with Crippen molar-refractivity contribution >= 4 is 11.7 Å². The molecule has 1 fully saturated rings. The summed E-state index contributed by atoms with van der Waals surface area (Å²) in [6.45, 7) is 2.97. The van der Waals surface area contributed by atoms with Crippen molar-refractivity contribution in [3.63, 3.8) is 0 Å². The quantitative estimate of drug-likeness (QED) is 0.856. The summed E-state index contributed by atoms with van der Waals surface area (Å²) in [5.74, 6) is 0.717. The Hall–Kier alpha value is -1.55. The molecule has 0 heterocycles. The van der Waals surface area contributed by atoms with Crippen LogP contribution in [0.15, 0.2) is 24.3 Å². The van der Waals surface area contributed by atoms with Gasteiger partial charge in [-0.2, -0.15) is 0 Å². The molecule has 0 bridgehead atoms. The predicted octanol–water partition coefficient (Wildman–Crippen LogP) is 2.84. The number of benzene rings is 1. The molecule has 19 heavy (non-hydrogen) atoms. The second-order valence-electron chi connectivity index (χ2n) is 5.39. The Labute approximate surface area is 115 Å². The Bertz CT molecular complexity index is 426. The maximum Gasteiger partial charge on any atom is 0.321 e. The van der Waals surface area contributed by atoms with E-state index in [1.807, 2.05) is 38.4 Å². The second kappa shape index (κ2) is 6.06.